The first kappa shape index (κ1) is 6.05. The van der Waals surface area contributed by atoms with Gasteiger partial charge in [-0.2, -0.15) is 0 Å². The summed E-state index contributed by atoms with van der Waals surface area (Å²) >= 11 is 0. The Morgan fingerprint density at radius 2 is 2.25 bits per heavy atom. The normalized spacial score (nSPS) is 19.9. The molecule has 1 saturated carbocycles. The van der Waals surface area contributed by atoms with Crippen molar-refractivity contribution in [3.63, 3.8) is 0 Å². The van der Waals surface area contributed by atoms with Crippen LogP contribution in [0.15, 0.2) is 0 Å². The first-order chi connectivity index (χ1) is 3.84. The van der Waals surface area contributed by atoms with Gasteiger partial charge < -0.3 is 10.0 Å². The molecule has 1 N–H and O–H groups in total. The van der Waals surface area contributed by atoms with E-state index in [4.69, 9.17) is 5.11 Å². The van der Waals surface area contributed by atoms with Gasteiger partial charge in [-0.1, -0.05) is 0 Å². The minimum absolute atomic E-state index is 0.299. The first-order valence-electron chi connectivity index (χ1n) is 3.15. The Kier molecular flexibility index (Phi) is 1.86. The number of nitrogens with zero attached hydrogens (tertiary/aromatic N) is 1. The number of aliphatic hydroxyl groups is 1. The van der Waals surface area contributed by atoms with Crippen LogP contribution in [0.4, 0.5) is 0 Å². The largest absolute Gasteiger partial charge is 0.395 e. The monoisotopic (exact) mass is 115 g/mol. The van der Waals surface area contributed by atoms with E-state index in [0.717, 1.165) is 12.6 Å². The molecule has 0 unspecified atom stereocenters. The van der Waals surface area contributed by atoms with Gasteiger partial charge >= 0.3 is 0 Å². The number of hydrogen-bond donors (Lipinski definition) is 1. The van der Waals surface area contributed by atoms with Crippen LogP contribution in [-0.2, 0) is 0 Å². The third-order valence-corrected chi connectivity index (χ3v) is 1.62. The standard InChI is InChI=1S/C6H13NO/c1-7(4-5-8)6-2-3-6/h6,8H,2-5H2,1H3. The minimum Gasteiger partial charge on any atom is -0.395 e. The molecule has 0 aromatic heterocycles. The molecule has 1 aliphatic rings. The second-order valence-corrected chi connectivity index (χ2v) is 2.44. The Bertz CT molecular complexity index is 70.9. The molecule has 0 aromatic rings. The van der Waals surface area contributed by atoms with Gasteiger partial charge in [0, 0.05) is 12.6 Å². The van der Waals surface area contributed by atoms with Crippen LogP contribution in [0.3, 0.4) is 0 Å². The van der Waals surface area contributed by atoms with Gasteiger partial charge in [-0.05, 0) is 19.9 Å². The number of likely N-dealkylation sites (N-methyl/N-ethyl adjacent to an activating group) is 1. The summed E-state index contributed by atoms with van der Waals surface area (Å²) in [7, 11) is 2.06. The zero-order valence-electron chi connectivity index (χ0n) is 5.30. The molecule has 1 fully saturated rings. The van der Waals surface area contributed by atoms with Crippen LogP contribution >= 0.6 is 0 Å². The highest BCUT2D eigenvalue weighted by Gasteiger charge is 2.24. The van der Waals surface area contributed by atoms with E-state index in [1.165, 1.54) is 12.8 Å². The molecule has 8 heavy (non-hydrogen) atoms. The van der Waals surface area contributed by atoms with Crippen molar-refractivity contribution in [2.45, 2.75) is 18.9 Å². The topological polar surface area (TPSA) is 23.5 Å². The summed E-state index contributed by atoms with van der Waals surface area (Å²) in [5, 5.41) is 8.47. The van der Waals surface area contributed by atoms with Gasteiger partial charge in [-0.3, -0.25) is 0 Å². The third kappa shape index (κ3) is 1.46. The Morgan fingerprint density at radius 1 is 1.62 bits per heavy atom. The van der Waals surface area contributed by atoms with E-state index in [0.29, 0.717) is 6.61 Å². The summed E-state index contributed by atoms with van der Waals surface area (Å²) in [4.78, 5) is 2.21. The van der Waals surface area contributed by atoms with E-state index in [1.807, 2.05) is 0 Å². The predicted molar refractivity (Wildman–Crippen MR) is 32.7 cm³/mol. The van der Waals surface area contributed by atoms with E-state index in [-0.39, 0.29) is 0 Å². The van der Waals surface area contributed by atoms with Crippen molar-refractivity contribution in [3.05, 3.63) is 0 Å². The van der Waals surface area contributed by atoms with Crippen molar-refractivity contribution < 1.29 is 5.11 Å². The fraction of sp³-hybridized carbons (Fsp3) is 1.00. The Hall–Kier alpha value is -0.0800. The van der Waals surface area contributed by atoms with E-state index in [2.05, 4.69) is 11.9 Å². The number of rotatable bonds is 3. The molecular weight excluding hydrogens is 102 g/mol. The molecule has 0 radical (unpaired) electrons. The fourth-order valence-electron chi connectivity index (χ4n) is 0.856. The summed E-state index contributed by atoms with van der Waals surface area (Å²) in [5.41, 5.74) is 0. The summed E-state index contributed by atoms with van der Waals surface area (Å²) in [6, 6.07) is 0.794. The molecule has 1 aliphatic carbocycles. The van der Waals surface area contributed by atoms with Gasteiger partial charge in [0.05, 0.1) is 6.61 Å². The van der Waals surface area contributed by atoms with Gasteiger partial charge in [0.25, 0.3) is 0 Å². The average Bonchev–Trinajstić information content (AvgIpc) is 2.45. The molecular formula is C6H13NO. The highest BCUT2D eigenvalue weighted by atomic mass is 16.3. The molecule has 0 saturated heterocycles. The molecule has 0 spiro atoms. The zero-order chi connectivity index (χ0) is 5.98. The van der Waals surface area contributed by atoms with Gasteiger partial charge in [-0.15, -0.1) is 0 Å². The van der Waals surface area contributed by atoms with Crippen molar-refractivity contribution >= 4 is 0 Å². The molecule has 0 aromatic carbocycles. The molecule has 0 atom stereocenters. The lowest BCUT2D eigenvalue weighted by atomic mass is 10.5. The van der Waals surface area contributed by atoms with Crippen LogP contribution in [0.1, 0.15) is 12.8 Å². The summed E-state index contributed by atoms with van der Waals surface area (Å²) in [5.74, 6) is 0. The van der Waals surface area contributed by atoms with Crippen LogP contribution in [0.25, 0.3) is 0 Å². The van der Waals surface area contributed by atoms with Crippen LogP contribution in [0, 0.1) is 0 Å². The summed E-state index contributed by atoms with van der Waals surface area (Å²) < 4.78 is 0. The summed E-state index contributed by atoms with van der Waals surface area (Å²) in [6.07, 6.45) is 2.66. The Morgan fingerprint density at radius 3 is 2.62 bits per heavy atom. The van der Waals surface area contributed by atoms with Crippen LogP contribution in [-0.4, -0.2) is 36.2 Å². The first-order valence-corrected chi connectivity index (χ1v) is 3.15. The predicted octanol–water partition coefficient (Wildman–Crippen LogP) is 0.0729. The van der Waals surface area contributed by atoms with Gasteiger partial charge in [0.15, 0.2) is 0 Å². The maximum atomic E-state index is 8.47. The molecule has 2 heteroatoms. The van der Waals surface area contributed by atoms with Crippen LogP contribution in [0.2, 0.25) is 0 Å². The van der Waals surface area contributed by atoms with E-state index >= 15 is 0 Å². The fourth-order valence-corrected chi connectivity index (χ4v) is 0.856. The van der Waals surface area contributed by atoms with Gasteiger partial charge in [0.2, 0.25) is 0 Å². The van der Waals surface area contributed by atoms with Crippen molar-refractivity contribution in [3.8, 4) is 0 Å². The molecule has 48 valence electrons. The molecule has 0 amide bonds. The van der Waals surface area contributed by atoms with Gasteiger partial charge in [-0.25, -0.2) is 0 Å². The molecule has 0 heterocycles. The molecule has 0 aliphatic heterocycles. The second kappa shape index (κ2) is 2.46. The average molecular weight is 115 g/mol. The Balaban J connectivity index is 2.03. The number of aliphatic hydroxyl groups excluding tert-OH is 1. The van der Waals surface area contributed by atoms with Gasteiger partial charge in [0.1, 0.15) is 0 Å². The highest BCUT2D eigenvalue weighted by Crippen LogP contribution is 2.24. The molecule has 2 nitrogen and oxygen atoms in total. The minimum atomic E-state index is 0.299. The van der Waals surface area contributed by atoms with E-state index in [9.17, 15) is 0 Å². The number of hydrogen-bond acceptors (Lipinski definition) is 2. The maximum absolute atomic E-state index is 8.47. The highest BCUT2D eigenvalue weighted by molar-refractivity contribution is 4.81. The van der Waals surface area contributed by atoms with Crippen LogP contribution < -0.4 is 0 Å². The van der Waals surface area contributed by atoms with E-state index in [1.54, 1.807) is 0 Å². The SMILES string of the molecule is CN(CCO)C1CC1. The molecule has 1 rings (SSSR count). The Labute approximate surface area is 50.1 Å². The lowest BCUT2D eigenvalue weighted by Gasteiger charge is -2.12. The third-order valence-electron chi connectivity index (χ3n) is 1.62. The zero-order valence-corrected chi connectivity index (χ0v) is 5.30. The maximum Gasteiger partial charge on any atom is 0.0558 e. The smallest absolute Gasteiger partial charge is 0.0558 e. The van der Waals surface area contributed by atoms with Crippen molar-refractivity contribution in [2.75, 3.05) is 20.2 Å². The van der Waals surface area contributed by atoms with Crippen molar-refractivity contribution in [2.24, 2.45) is 0 Å². The molecule has 0 bridgehead atoms. The lowest BCUT2D eigenvalue weighted by molar-refractivity contribution is 0.216. The van der Waals surface area contributed by atoms with Crippen LogP contribution in [0.5, 0.6) is 0 Å². The van der Waals surface area contributed by atoms with Crippen molar-refractivity contribution in [1.29, 1.82) is 0 Å². The quantitative estimate of drug-likeness (QED) is 0.562. The second-order valence-electron chi connectivity index (χ2n) is 2.44. The van der Waals surface area contributed by atoms with E-state index < -0.39 is 0 Å². The lowest BCUT2D eigenvalue weighted by Crippen LogP contribution is -2.23. The van der Waals surface area contributed by atoms with Crippen molar-refractivity contribution in [1.82, 2.24) is 4.90 Å². The summed E-state index contributed by atoms with van der Waals surface area (Å²) in [6.45, 7) is 1.14.